The fourth-order valence-corrected chi connectivity index (χ4v) is 4.22. The van der Waals surface area contributed by atoms with E-state index in [1.54, 1.807) is 0 Å². The van der Waals surface area contributed by atoms with Crippen molar-refractivity contribution in [1.29, 1.82) is 0 Å². The molecule has 0 saturated heterocycles. The number of hydrogen-bond acceptors (Lipinski definition) is 0. The van der Waals surface area contributed by atoms with E-state index in [2.05, 4.69) is 41.5 Å². The van der Waals surface area contributed by atoms with Gasteiger partial charge in [0.2, 0.25) is 0 Å². The molecule has 2 rings (SSSR count). The zero-order valence-electron chi connectivity index (χ0n) is 11.5. The normalized spacial score (nSPS) is 41.2. The summed E-state index contributed by atoms with van der Waals surface area (Å²) in [4.78, 5) is 0. The summed E-state index contributed by atoms with van der Waals surface area (Å²) in [6.07, 6.45) is 5.76. The monoisotopic (exact) mass is 208 g/mol. The van der Waals surface area contributed by atoms with E-state index in [1.165, 1.54) is 25.7 Å². The molecule has 88 valence electrons. The van der Waals surface area contributed by atoms with E-state index in [9.17, 15) is 0 Å². The third-order valence-electron chi connectivity index (χ3n) is 5.45. The van der Waals surface area contributed by atoms with Crippen LogP contribution in [0.4, 0.5) is 0 Å². The summed E-state index contributed by atoms with van der Waals surface area (Å²) in [5, 5.41) is 0. The van der Waals surface area contributed by atoms with Gasteiger partial charge in [-0.25, -0.2) is 0 Å². The number of rotatable bonds is 0. The lowest BCUT2D eigenvalue weighted by Crippen LogP contribution is -2.41. The summed E-state index contributed by atoms with van der Waals surface area (Å²) in [5.74, 6) is 1.94. The highest BCUT2D eigenvalue weighted by atomic mass is 14.6. The lowest BCUT2D eigenvalue weighted by molar-refractivity contribution is 0.00181. The molecule has 2 aliphatic carbocycles. The van der Waals surface area contributed by atoms with E-state index in [-0.39, 0.29) is 0 Å². The van der Waals surface area contributed by atoms with Crippen LogP contribution < -0.4 is 0 Å². The molecule has 0 amide bonds. The third kappa shape index (κ3) is 1.85. The lowest BCUT2D eigenvalue weighted by Gasteiger charge is -2.49. The van der Waals surface area contributed by atoms with Gasteiger partial charge in [0.25, 0.3) is 0 Å². The maximum Gasteiger partial charge on any atom is -0.0323 e. The Labute approximate surface area is 95.8 Å². The summed E-state index contributed by atoms with van der Waals surface area (Å²) in [6.45, 7) is 14.9. The van der Waals surface area contributed by atoms with Crippen molar-refractivity contribution < 1.29 is 0 Å². The molecule has 0 N–H and O–H groups in total. The van der Waals surface area contributed by atoms with Crippen molar-refractivity contribution in [3.8, 4) is 0 Å². The second-order valence-electron chi connectivity index (χ2n) is 8.26. The van der Waals surface area contributed by atoms with Gasteiger partial charge >= 0.3 is 0 Å². The Morgan fingerprint density at radius 3 is 1.33 bits per heavy atom. The van der Waals surface area contributed by atoms with Gasteiger partial charge < -0.3 is 0 Å². The molecule has 0 aliphatic heterocycles. The van der Waals surface area contributed by atoms with Crippen LogP contribution in [0.3, 0.4) is 0 Å². The summed E-state index contributed by atoms with van der Waals surface area (Å²) in [6, 6.07) is 0. The fraction of sp³-hybridized carbons (Fsp3) is 1.00. The quantitative estimate of drug-likeness (QED) is 0.532. The van der Waals surface area contributed by atoms with Crippen LogP contribution in [0.5, 0.6) is 0 Å². The van der Waals surface area contributed by atoms with Gasteiger partial charge in [-0.15, -0.1) is 0 Å². The molecular formula is C15H28. The third-order valence-corrected chi connectivity index (χ3v) is 5.45. The standard InChI is InChI=1S/C15H28/c1-13(2)9-11-12(10-13)15(5,6)8-7-14(11,3)4/h11-12H,7-10H2,1-6H3/t11-,12-/m0/s1. The molecule has 2 saturated carbocycles. The first kappa shape index (κ1) is 11.5. The first-order chi connectivity index (χ1) is 6.64. The molecule has 2 atom stereocenters. The van der Waals surface area contributed by atoms with Crippen LogP contribution in [-0.2, 0) is 0 Å². The van der Waals surface area contributed by atoms with Gasteiger partial charge in [0.05, 0.1) is 0 Å². The van der Waals surface area contributed by atoms with Gasteiger partial charge in [-0.3, -0.25) is 0 Å². The van der Waals surface area contributed by atoms with Gasteiger partial charge in [-0.2, -0.15) is 0 Å². The van der Waals surface area contributed by atoms with Crippen LogP contribution in [0, 0.1) is 28.1 Å². The molecule has 2 fully saturated rings. The van der Waals surface area contributed by atoms with E-state index in [4.69, 9.17) is 0 Å². The second kappa shape index (κ2) is 3.02. The molecule has 0 bridgehead atoms. The topological polar surface area (TPSA) is 0 Å². The molecule has 15 heavy (non-hydrogen) atoms. The summed E-state index contributed by atoms with van der Waals surface area (Å²) in [5.41, 5.74) is 1.77. The first-order valence-electron chi connectivity index (χ1n) is 6.64. The number of fused-ring (bicyclic) bond motifs is 1. The van der Waals surface area contributed by atoms with Crippen molar-refractivity contribution in [2.75, 3.05) is 0 Å². The highest BCUT2D eigenvalue weighted by molar-refractivity contribution is 5.03. The highest BCUT2D eigenvalue weighted by Crippen LogP contribution is 2.63. The predicted molar refractivity (Wildman–Crippen MR) is 66.8 cm³/mol. The van der Waals surface area contributed by atoms with Crippen LogP contribution in [0.15, 0.2) is 0 Å². The fourth-order valence-electron chi connectivity index (χ4n) is 4.22. The average Bonchev–Trinajstić information content (AvgIpc) is 2.38. The Hall–Kier alpha value is 0. The van der Waals surface area contributed by atoms with Crippen molar-refractivity contribution >= 4 is 0 Å². The Bertz CT molecular complexity index is 231. The molecule has 0 aromatic heterocycles. The summed E-state index contributed by atoms with van der Waals surface area (Å²) in [7, 11) is 0. The van der Waals surface area contributed by atoms with Crippen LogP contribution >= 0.6 is 0 Å². The van der Waals surface area contributed by atoms with Crippen LogP contribution in [-0.4, -0.2) is 0 Å². The minimum atomic E-state index is 0.591. The molecule has 2 aliphatic rings. The maximum absolute atomic E-state index is 2.50. The zero-order chi connectivity index (χ0) is 11.5. The van der Waals surface area contributed by atoms with E-state index in [0.29, 0.717) is 16.2 Å². The molecule has 0 heteroatoms. The van der Waals surface area contributed by atoms with E-state index in [0.717, 1.165) is 11.8 Å². The van der Waals surface area contributed by atoms with Crippen molar-refractivity contribution in [2.45, 2.75) is 67.2 Å². The molecular weight excluding hydrogens is 180 g/mol. The minimum absolute atomic E-state index is 0.591. The Morgan fingerprint density at radius 2 is 1.00 bits per heavy atom. The second-order valence-corrected chi connectivity index (χ2v) is 8.26. The van der Waals surface area contributed by atoms with Gasteiger partial charge in [0.1, 0.15) is 0 Å². The maximum atomic E-state index is 2.50. The van der Waals surface area contributed by atoms with Crippen LogP contribution in [0.2, 0.25) is 0 Å². The smallest absolute Gasteiger partial charge is 0.0323 e. The molecule has 0 aromatic carbocycles. The Balaban J connectivity index is 2.30. The summed E-state index contributed by atoms with van der Waals surface area (Å²) < 4.78 is 0. The van der Waals surface area contributed by atoms with E-state index in [1.807, 2.05) is 0 Å². The largest absolute Gasteiger partial charge is 0.0599 e. The average molecular weight is 208 g/mol. The molecule has 0 aromatic rings. The van der Waals surface area contributed by atoms with E-state index < -0.39 is 0 Å². The van der Waals surface area contributed by atoms with Crippen molar-refractivity contribution in [3.05, 3.63) is 0 Å². The zero-order valence-corrected chi connectivity index (χ0v) is 11.5. The predicted octanol–water partition coefficient (Wildman–Crippen LogP) is 4.89. The van der Waals surface area contributed by atoms with Gasteiger partial charge in [0.15, 0.2) is 0 Å². The minimum Gasteiger partial charge on any atom is -0.0599 e. The molecule has 0 nitrogen and oxygen atoms in total. The Morgan fingerprint density at radius 1 is 0.667 bits per heavy atom. The highest BCUT2D eigenvalue weighted by Gasteiger charge is 2.54. The van der Waals surface area contributed by atoms with Gasteiger partial charge in [0, 0.05) is 0 Å². The van der Waals surface area contributed by atoms with Crippen molar-refractivity contribution in [1.82, 2.24) is 0 Å². The van der Waals surface area contributed by atoms with Crippen molar-refractivity contribution in [3.63, 3.8) is 0 Å². The number of hydrogen-bond donors (Lipinski definition) is 0. The lowest BCUT2D eigenvalue weighted by atomic mass is 9.56. The van der Waals surface area contributed by atoms with Crippen LogP contribution in [0.25, 0.3) is 0 Å². The first-order valence-corrected chi connectivity index (χ1v) is 6.64. The van der Waals surface area contributed by atoms with Gasteiger partial charge in [-0.1, -0.05) is 41.5 Å². The van der Waals surface area contributed by atoms with E-state index >= 15 is 0 Å². The molecule has 0 heterocycles. The summed E-state index contributed by atoms with van der Waals surface area (Å²) >= 11 is 0. The van der Waals surface area contributed by atoms with Crippen LogP contribution in [0.1, 0.15) is 67.2 Å². The Kier molecular flexibility index (Phi) is 2.31. The SMILES string of the molecule is CC1(C)C[C@H]2[C@H](C1)C(C)(C)CCC2(C)C. The molecule has 0 radical (unpaired) electrons. The van der Waals surface area contributed by atoms with Gasteiger partial charge in [-0.05, 0) is 53.8 Å². The molecule has 0 unspecified atom stereocenters. The van der Waals surface area contributed by atoms with Crippen molar-refractivity contribution in [2.24, 2.45) is 28.1 Å². The molecule has 0 spiro atoms.